The summed E-state index contributed by atoms with van der Waals surface area (Å²) in [5.41, 5.74) is -1.24. The monoisotopic (exact) mass is 364 g/mol. The summed E-state index contributed by atoms with van der Waals surface area (Å²) in [6.45, 7) is 1.34. The van der Waals surface area contributed by atoms with Crippen LogP contribution in [-0.4, -0.2) is 24.4 Å². The van der Waals surface area contributed by atoms with Crippen LogP contribution in [0.15, 0.2) is 22.7 Å². The zero-order valence-electron chi connectivity index (χ0n) is 11.0. The first-order valence-corrected chi connectivity index (χ1v) is 7.01. The minimum Gasteiger partial charge on any atom is -0.345 e. The number of halogens is 4. The molecule has 1 heterocycles. The lowest BCUT2D eigenvalue weighted by Crippen LogP contribution is -2.58. The molecule has 1 N–H and O–H groups in total. The Balaban J connectivity index is 2.58. The van der Waals surface area contributed by atoms with Gasteiger partial charge in [-0.1, -0.05) is 22.9 Å². The van der Waals surface area contributed by atoms with Crippen molar-refractivity contribution in [2.75, 3.05) is 11.4 Å². The van der Waals surface area contributed by atoms with Gasteiger partial charge in [0.15, 0.2) is 0 Å². The SMILES string of the molecule is CCC1C(=O)NCC(=O)N1c1ccc(Br)cc1C(F)(F)F. The van der Waals surface area contributed by atoms with Crippen LogP contribution in [0.4, 0.5) is 18.9 Å². The third kappa shape index (κ3) is 3.04. The van der Waals surface area contributed by atoms with Gasteiger partial charge in [0, 0.05) is 4.47 Å². The van der Waals surface area contributed by atoms with Gasteiger partial charge in [-0.3, -0.25) is 14.5 Å². The standard InChI is InChI=1S/C13H12BrF3N2O2/c1-2-9-12(21)18-6-11(20)19(9)10-4-3-7(14)5-8(10)13(15,16)17/h3-5,9H,2,6H2,1H3,(H,18,21). The molecule has 0 radical (unpaired) electrons. The van der Waals surface area contributed by atoms with Gasteiger partial charge in [0.1, 0.15) is 6.04 Å². The molecule has 4 nitrogen and oxygen atoms in total. The van der Waals surface area contributed by atoms with Gasteiger partial charge in [-0.25, -0.2) is 0 Å². The molecular formula is C13H12BrF3N2O2. The molecule has 114 valence electrons. The van der Waals surface area contributed by atoms with Gasteiger partial charge < -0.3 is 5.32 Å². The number of carbonyl (C=O) groups is 2. The Labute approximate surface area is 127 Å². The molecule has 1 atom stereocenters. The summed E-state index contributed by atoms with van der Waals surface area (Å²) in [7, 11) is 0. The number of amides is 2. The zero-order valence-corrected chi connectivity index (χ0v) is 12.6. The topological polar surface area (TPSA) is 49.4 Å². The van der Waals surface area contributed by atoms with Crippen LogP contribution >= 0.6 is 15.9 Å². The maximum Gasteiger partial charge on any atom is 0.418 e. The Morgan fingerprint density at radius 1 is 1.38 bits per heavy atom. The molecule has 0 saturated carbocycles. The molecule has 2 rings (SSSR count). The highest BCUT2D eigenvalue weighted by Crippen LogP contribution is 2.39. The number of alkyl halides is 3. The number of hydrogen-bond acceptors (Lipinski definition) is 2. The average Bonchev–Trinajstić information content (AvgIpc) is 2.40. The number of hydrogen-bond donors (Lipinski definition) is 1. The molecule has 1 unspecified atom stereocenters. The van der Waals surface area contributed by atoms with Crippen molar-refractivity contribution in [3.8, 4) is 0 Å². The highest BCUT2D eigenvalue weighted by molar-refractivity contribution is 9.10. The lowest BCUT2D eigenvalue weighted by atomic mass is 10.0. The lowest BCUT2D eigenvalue weighted by Gasteiger charge is -2.35. The minimum atomic E-state index is -4.62. The number of nitrogens with zero attached hydrogens (tertiary/aromatic N) is 1. The van der Waals surface area contributed by atoms with Crippen LogP contribution in [0.3, 0.4) is 0 Å². The summed E-state index contributed by atoms with van der Waals surface area (Å²) in [5.74, 6) is -1.01. The van der Waals surface area contributed by atoms with Gasteiger partial charge in [-0.2, -0.15) is 13.2 Å². The van der Waals surface area contributed by atoms with Crippen LogP contribution in [0.25, 0.3) is 0 Å². The van der Waals surface area contributed by atoms with Gasteiger partial charge in [-0.05, 0) is 24.6 Å². The van der Waals surface area contributed by atoms with Crippen molar-refractivity contribution in [1.82, 2.24) is 5.32 Å². The second-order valence-corrected chi connectivity index (χ2v) is 5.48. The van der Waals surface area contributed by atoms with Gasteiger partial charge in [0.05, 0.1) is 17.8 Å². The van der Waals surface area contributed by atoms with Crippen molar-refractivity contribution in [2.24, 2.45) is 0 Å². The molecule has 0 bridgehead atoms. The minimum absolute atomic E-state index is 0.227. The van der Waals surface area contributed by atoms with E-state index in [1.54, 1.807) is 6.92 Å². The normalized spacial score (nSPS) is 19.7. The van der Waals surface area contributed by atoms with Crippen LogP contribution in [0.5, 0.6) is 0 Å². The molecule has 8 heteroatoms. The van der Waals surface area contributed by atoms with E-state index in [0.717, 1.165) is 11.0 Å². The maximum absolute atomic E-state index is 13.2. The summed E-state index contributed by atoms with van der Waals surface area (Å²) in [5, 5.41) is 2.38. The largest absolute Gasteiger partial charge is 0.418 e. The number of benzene rings is 1. The average molecular weight is 365 g/mol. The second-order valence-electron chi connectivity index (χ2n) is 4.56. The molecule has 1 aliphatic heterocycles. The van der Waals surface area contributed by atoms with E-state index in [1.807, 2.05) is 0 Å². The Bertz CT molecular complexity index is 589. The van der Waals surface area contributed by atoms with E-state index >= 15 is 0 Å². The molecular weight excluding hydrogens is 353 g/mol. The molecule has 1 fully saturated rings. The number of carbonyl (C=O) groups excluding carboxylic acids is 2. The fourth-order valence-electron chi connectivity index (χ4n) is 2.27. The smallest absolute Gasteiger partial charge is 0.345 e. The van der Waals surface area contributed by atoms with Crippen molar-refractivity contribution >= 4 is 33.4 Å². The third-order valence-corrected chi connectivity index (χ3v) is 3.70. The fourth-order valence-corrected chi connectivity index (χ4v) is 2.63. The number of rotatable bonds is 2. The fraction of sp³-hybridized carbons (Fsp3) is 0.385. The van der Waals surface area contributed by atoms with Crippen molar-refractivity contribution < 1.29 is 22.8 Å². The highest BCUT2D eigenvalue weighted by atomic mass is 79.9. The summed E-state index contributed by atoms with van der Waals surface area (Å²) in [4.78, 5) is 24.7. The second kappa shape index (κ2) is 5.67. The third-order valence-electron chi connectivity index (χ3n) is 3.21. The first-order valence-electron chi connectivity index (χ1n) is 6.22. The Morgan fingerprint density at radius 2 is 2.05 bits per heavy atom. The predicted molar refractivity (Wildman–Crippen MR) is 73.7 cm³/mol. The molecule has 0 aromatic heterocycles. The van der Waals surface area contributed by atoms with E-state index in [2.05, 4.69) is 21.2 Å². The Morgan fingerprint density at radius 3 is 2.62 bits per heavy atom. The molecule has 2 amide bonds. The summed E-state index contributed by atoms with van der Waals surface area (Å²) in [6.07, 6.45) is -4.39. The van der Waals surface area contributed by atoms with Gasteiger partial charge in [-0.15, -0.1) is 0 Å². The number of nitrogens with one attached hydrogen (secondary N) is 1. The molecule has 0 aliphatic carbocycles. The number of anilines is 1. The molecule has 1 aromatic rings. The van der Waals surface area contributed by atoms with Crippen LogP contribution in [0.1, 0.15) is 18.9 Å². The van der Waals surface area contributed by atoms with E-state index in [-0.39, 0.29) is 23.1 Å². The molecule has 1 aliphatic rings. The summed E-state index contributed by atoms with van der Waals surface area (Å²) >= 11 is 2.99. The summed E-state index contributed by atoms with van der Waals surface area (Å²) in [6, 6.07) is 2.58. The van der Waals surface area contributed by atoms with Crippen LogP contribution in [-0.2, 0) is 15.8 Å². The highest BCUT2D eigenvalue weighted by Gasteiger charge is 2.41. The molecule has 1 aromatic carbocycles. The van der Waals surface area contributed by atoms with Crippen LogP contribution in [0, 0.1) is 0 Å². The zero-order chi connectivity index (χ0) is 15.8. The van der Waals surface area contributed by atoms with Crippen molar-refractivity contribution in [3.05, 3.63) is 28.2 Å². The first kappa shape index (κ1) is 15.8. The van der Waals surface area contributed by atoms with Crippen molar-refractivity contribution in [2.45, 2.75) is 25.6 Å². The quantitative estimate of drug-likeness (QED) is 0.876. The van der Waals surface area contributed by atoms with Gasteiger partial charge >= 0.3 is 6.18 Å². The lowest BCUT2D eigenvalue weighted by molar-refractivity contribution is -0.138. The van der Waals surface area contributed by atoms with Gasteiger partial charge in [0.25, 0.3) is 0 Å². The molecule has 1 saturated heterocycles. The van der Waals surface area contributed by atoms with E-state index in [1.165, 1.54) is 12.1 Å². The Kier molecular flexibility index (Phi) is 4.27. The van der Waals surface area contributed by atoms with Crippen molar-refractivity contribution in [3.63, 3.8) is 0 Å². The van der Waals surface area contributed by atoms with E-state index in [0.29, 0.717) is 0 Å². The number of piperazine rings is 1. The summed E-state index contributed by atoms with van der Waals surface area (Å²) < 4.78 is 39.8. The molecule has 0 spiro atoms. The maximum atomic E-state index is 13.2. The molecule has 21 heavy (non-hydrogen) atoms. The predicted octanol–water partition coefficient (Wildman–Crippen LogP) is 2.71. The van der Waals surface area contributed by atoms with Crippen LogP contribution in [0.2, 0.25) is 0 Å². The van der Waals surface area contributed by atoms with Gasteiger partial charge in [0.2, 0.25) is 11.8 Å². The van der Waals surface area contributed by atoms with Crippen molar-refractivity contribution in [1.29, 1.82) is 0 Å². The van der Waals surface area contributed by atoms with Crippen LogP contribution < -0.4 is 10.2 Å². The Hall–Kier alpha value is -1.57. The van der Waals surface area contributed by atoms with E-state index in [9.17, 15) is 22.8 Å². The first-order chi connectivity index (χ1) is 9.75. The van der Waals surface area contributed by atoms with E-state index in [4.69, 9.17) is 0 Å². The van der Waals surface area contributed by atoms with E-state index < -0.39 is 29.6 Å².